The van der Waals surface area contributed by atoms with E-state index in [2.05, 4.69) is 9.72 Å². The summed E-state index contributed by atoms with van der Waals surface area (Å²) in [7, 11) is 3.03. The molecule has 0 atom stereocenters. The third kappa shape index (κ3) is 4.54. The Labute approximate surface area is 204 Å². The molecule has 0 saturated heterocycles. The minimum absolute atomic E-state index is 0.239. The summed E-state index contributed by atoms with van der Waals surface area (Å²) >= 11 is 0. The van der Waals surface area contributed by atoms with Crippen molar-refractivity contribution < 1.29 is 19.0 Å². The van der Waals surface area contributed by atoms with Gasteiger partial charge in [-0.2, -0.15) is 0 Å². The van der Waals surface area contributed by atoms with Crippen LogP contribution in [0.5, 0.6) is 17.2 Å². The second-order valence-corrected chi connectivity index (χ2v) is 8.64. The molecule has 0 spiro atoms. The minimum atomic E-state index is -0.558. The number of carbonyl (C=O) groups is 1. The molecule has 1 saturated carbocycles. The molecular formula is C28H29N3O4. The zero-order valence-electron chi connectivity index (χ0n) is 20.0. The van der Waals surface area contributed by atoms with Gasteiger partial charge in [-0.25, -0.2) is 9.78 Å². The number of ether oxygens (including phenoxy) is 3. The quantitative estimate of drug-likeness (QED) is 0.264. The zero-order valence-corrected chi connectivity index (χ0v) is 20.0. The van der Waals surface area contributed by atoms with Crippen molar-refractivity contribution in [3.8, 4) is 28.5 Å². The van der Waals surface area contributed by atoms with E-state index in [1.165, 1.54) is 33.5 Å². The van der Waals surface area contributed by atoms with Crippen molar-refractivity contribution in [2.45, 2.75) is 38.1 Å². The van der Waals surface area contributed by atoms with Crippen LogP contribution in [0.1, 0.15) is 42.5 Å². The molecule has 1 N–H and O–H groups in total. The summed E-state index contributed by atoms with van der Waals surface area (Å²) in [6.45, 7) is 0. The van der Waals surface area contributed by atoms with Crippen LogP contribution in [0.3, 0.4) is 0 Å². The van der Waals surface area contributed by atoms with Crippen molar-refractivity contribution >= 4 is 17.4 Å². The molecule has 7 nitrogen and oxygen atoms in total. The summed E-state index contributed by atoms with van der Waals surface area (Å²) in [5, 5.41) is 3.74. The van der Waals surface area contributed by atoms with Crippen LogP contribution in [-0.4, -0.2) is 35.6 Å². The maximum absolute atomic E-state index is 13.3. The van der Waals surface area contributed by atoms with Crippen molar-refractivity contribution in [3.05, 3.63) is 72.4 Å². The van der Waals surface area contributed by atoms with Crippen LogP contribution in [0, 0.1) is 0 Å². The van der Waals surface area contributed by atoms with Gasteiger partial charge in [0.1, 0.15) is 40.0 Å². The lowest BCUT2D eigenvalue weighted by atomic mass is 9.95. The second-order valence-electron chi connectivity index (χ2n) is 8.64. The zero-order chi connectivity index (χ0) is 24.2. The van der Waals surface area contributed by atoms with Gasteiger partial charge in [0, 0.05) is 17.8 Å². The van der Waals surface area contributed by atoms with Crippen LogP contribution < -0.4 is 19.5 Å². The van der Waals surface area contributed by atoms with E-state index >= 15 is 0 Å². The molecule has 2 aromatic heterocycles. The lowest BCUT2D eigenvalue weighted by molar-refractivity contribution is 0.0728. The number of aromatic nitrogens is 2. The van der Waals surface area contributed by atoms with E-state index in [1.807, 2.05) is 42.6 Å². The first-order valence-electron chi connectivity index (χ1n) is 12.0. The van der Waals surface area contributed by atoms with Gasteiger partial charge >= 0.3 is 5.97 Å². The highest BCUT2D eigenvalue weighted by Crippen LogP contribution is 2.38. The van der Waals surface area contributed by atoms with Crippen molar-refractivity contribution in [3.63, 3.8) is 0 Å². The maximum atomic E-state index is 13.3. The highest BCUT2D eigenvalue weighted by Gasteiger charge is 2.25. The van der Waals surface area contributed by atoms with Gasteiger partial charge in [-0.05, 0) is 49.2 Å². The normalized spacial score (nSPS) is 14.0. The Bertz CT molecular complexity index is 1320. The molecule has 2 heterocycles. The van der Waals surface area contributed by atoms with Crippen LogP contribution in [0.15, 0.2) is 66.9 Å². The number of rotatable bonds is 7. The monoisotopic (exact) mass is 471 g/mol. The number of imidazole rings is 1. The summed E-state index contributed by atoms with van der Waals surface area (Å²) in [5.74, 6) is 1.54. The van der Waals surface area contributed by atoms with E-state index in [0.29, 0.717) is 23.3 Å². The molecular weight excluding hydrogens is 442 g/mol. The number of nitrogens with zero attached hydrogens (tertiary/aromatic N) is 2. The molecule has 0 unspecified atom stereocenters. The predicted octanol–water partition coefficient (Wildman–Crippen LogP) is 5.98. The molecule has 180 valence electrons. The first-order valence-corrected chi connectivity index (χ1v) is 12.0. The molecule has 35 heavy (non-hydrogen) atoms. The average Bonchev–Trinajstić information content (AvgIpc) is 3.27. The van der Waals surface area contributed by atoms with E-state index in [4.69, 9.17) is 19.2 Å². The Kier molecular flexibility index (Phi) is 6.57. The molecule has 1 aliphatic rings. The smallest absolute Gasteiger partial charge is 0.351 e. The molecule has 1 fully saturated rings. The van der Waals surface area contributed by atoms with Gasteiger partial charge in [-0.3, -0.25) is 4.40 Å². The largest absolute Gasteiger partial charge is 0.496 e. The highest BCUT2D eigenvalue weighted by atomic mass is 16.5. The third-order valence-electron chi connectivity index (χ3n) is 6.45. The molecule has 1 aliphatic carbocycles. The standard InChI is InChI=1S/C28H29N3O4/c1-33-22-15-10-16-23(34-2)25(22)28(32)35-21-14-7-6-13-20(21)26-27(29-19-11-4-3-5-12-19)31-18-9-8-17-24(31)30-26/h6-10,13-19,29H,3-5,11-12H2,1-2H3. The van der Waals surface area contributed by atoms with E-state index in [9.17, 15) is 4.79 Å². The number of benzene rings is 2. The Balaban J connectivity index is 1.55. The first-order chi connectivity index (χ1) is 17.2. The van der Waals surface area contributed by atoms with E-state index in [1.54, 1.807) is 24.3 Å². The summed E-state index contributed by atoms with van der Waals surface area (Å²) in [4.78, 5) is 18.2. The van der Waals surface area contributed by atoms with Crippen molar-refractivity contribution in [2.75, 3.05) is 19.5 Å². The first kappa shape index (κ1) is 22.8. The number of methoxy groups -OCH3 is 2. The predicted molar refractivity (Wildman–Crippen MR) is 136 cm³/mol. The number of anilines is 1. The summed E-state index contributed by atoms with van der Waals surface area (Å²) < 4.78 is 18.8. The molecule has 7 heteroatoms. The Morgan fingerprint density at radius 3 is 2.31 bits per heavy atom. The maximum Gasteiger partial charge on any atom is 0.351 e. The van der Waals surface area contributed by atoms with Gasteiger partial charge in [-0.15, -0.1) is 0 Å². The van der Waals surface area contributed by atoms with Crippen LogP contribution in [0.2, 0.25) is 0 Å². The number of hydrogen-bond acceptors (Lipinski definition) is 6. The molecule has 0 amide bonds. The number of fused-ring (bicyclic) bond motifs is 1. The van der Waals surface area contributed by atoms with Gasteiger partial charge in [0.15, 0.2) is 0 Å². The summed E-state index contributed by atoms with van der Waals surface area (Å²) in [5.41, 5.74) is 2.55. The van der Waals surface area contributed by atoms with Crippen LogP contribution in [0.25, 0.3) is 16.9 Å². The Hall–Kier alpha value is -4.00. The molecule has 4 aromatic rings. The third-order valence-corrected chi connectivity index (χ3v) is 6.45. The number of esters is 1. The van der Waals surface area contributed by atoms with Gasteiger partial charge < -0.3 is 19.5 Å². The minimum Gasteiger partial charge on any atom is -0.496 e. The second kappa shape index (κ2) is 10.1. The van der Waals surface area contributed by atoms with Crippen LogP contribution >= 0.6 is 0 Å². The van der Waals surface area contributed by atoms with Crippen molar-refractivity contribution in [1.29, 1.82) is 0 Å². The number of carbonyl (C=O) groups excluding carboxylic acids is 1. The Morgan fingerprint density at radius 1 is 0.886 bits per heavy atom. The SMILES string of the molecule is COc1cccc(OC)c1C(=O)Oc1ccccc1-c1nc2ccccn2c1NC1CCCCC1. The Morgan fingerprint density at radius 2 is 1.57 bits per heavy atom. The molecule has 0 radical (unpaired) electrons. The van der Waals surface area contributed by atoms with E-state index < -0.39 is 5.97 Å². The fourth-order valence-corrected chi connectivity index (χ4v) is 4.72. The molecule has 0 bridgehead atoms. The molecule has 5 rings (SSSR count). The van der Waals surface area contributed by atoms with Crippen molar-refractivity contribution in [1.82, 2.24) is 9.38 Å². The fourth-order valence-electron chi connectivity index (χ4n) is 4.72. The lowest BCUT2D eigenvalue weighted by Crippen LogP contribution is -2.23. The van der Waals surface area contributed by atoms with E-state index in [0.717, 1.165) is 35.6 Å². The molecule has 0 aliphatic heterocycles. The number of nitrogens with one attached hydrogen (secondary N) is 1. The summed E-state index contributed by atoms with van der Waals surface area (Å²) in [6.07, 6.45) is 7.99. The van der Waals surface area contributed by atoms with Gasteiger partial charge in [0.05, 0.1) is 14.2 Å². The van der Waals surface area contributed by atoms with Crippen molar-refractivity contribution in [2.24, 2.45) is 0 Å². The number of para-hydroxylation sites is 1. The number of hydrogen-bond donors (Lipinski definition) is 1. The lowest BCUT2D eigenvalue weighted by Gasteiger charge is -2.24. The summed E-state index contributed by atoms with van der Waals surface area (Å²) in [6, 6.07) is 19.0. The van der Waals surface area contributed by atoms with Crippen LogP contribution in [0.4, 0.5) is 5.82 Å². The van der Waals surface area contributed by atoms with Gasteiger partial charge in [-0.1, -0.05) is 43.5 Å². The highest BCUT2D eigenvalue weighted by molar-refractivity contribution is 5.98. The molecule has 2 aromatic carbocycles. The number of pyridine rings is 1. The van der Waals surface area contributed by atoms with Crippen LogP contribution in [-0.2, 0) is 0 Å². The van der Waals surface area contributed by atoms with Gasteiger partial charge in [0.25, 0.3) is 0 Å². The average molecular weight is 472 g/mol. The topological polar surface area (TPSA) is 74.1 Å². The van der Waals surface area contributed by atoms with Gasteiger partial charge in [0.2, 0.25) is 0 Å². The fraction of sp³-hybridized carbons (Fsp3) is 0.286. The van der Waals surface area contributed by atoms with E-state index in [-0.39, 0.29) is 5.56 Å².